The van der Waals surface area contributed by atoms with Crippen molar-refractivity contribution in [2.45, 2.75) is 6.42 Å². The van der Waals surface area contributed by atoms with Crippen LogP contribution in [0, 0.1) is 0 Å². The summed E-state index contributed by atoms with van der Waals surface area (Å²) in [5.41, 5.74) is 3.35. The molecule has 0 radical (unpaired) electrons. The highest BCUT2D eigenvalue weighted by Crippen LogP contribution is 2.51. The lowest BCUT2D eigenvalue weighted by Gasteiger charge is -2.20. The number of rotatable bonds is 7. The maximum absolute atomic E-state index is 13.8. The SMILES string of the molecule is COc1cccc(OC)c1C(=O)Nc1cccc(C(=O)C2=Cc3c(c(Br)c4c(c3OC)OCO4)CCN2C)c1. The van der Waals surface area contributed by atoms with Crippen LogP contribution in [0.2, 0.25) is 0 Å². The van der Waals surface area contributed by atoms with Crippen molar-refractivity contribution in [1.82, 2.24) is 4.90 Å². The smallest absolute Gasteiger partial charge is 0.263 e. The topological polar surface area (TPSA) is 95.6 Å². The van der Waals surface area contributed by atoms with E-state index in [1.807, 2.05) is 18.0 Å². The number of allylic oxidation sites excluding steroid dienone is 1. The van der Waals surface area contributed by atoms with Crippen LogP contribution in [0.25, 0.3) is 6.08 Å². The van der Waals surface area contributed by atoms with E-state index in [-0.39, 0.29) is 18.1 Å². The molecule has 3 aromatic carbocycles. The maximum Gasteiger partial charge on any atom is 0.263 e. The molecule has 0 unspecified atom stereocenters. The molecule has 5 rings (SSSR count). The summed E-state index contributed by atoms with van der Waals surface area (Å²) in [6, 6.07) is 11.9. The van der Waals surface area contributed by atoms with Gasteiger partial charge in [0, 0.05) is 30.4 Å². The number of nitrogens with one attached hydrogen (secondary N) is 1. The number of halogens is 1. The van der Waals surface area contributed by atoms with Gasteiger partial charge in [-0.15, -0.1) is 0 Å². The molecule has 0 atom stereocenters. The summed E-state index contributed by atoms with van der Waals surface area (Å²) < 4.78 is 28.5. The van der Waals surface area contributed by atoms with E-state index in [1.54, 1.807) is 49.6 Å². The Kier molecular flexibility index (Phi) is 7.38. The fraction of sp³-hybridized carbons (Fsp3) is 0.241. The molecular weight excluding hydrogens is 568 g/mol. The van der Waals surface area contributed by atoms with Crippen LogP contribution in [0.1, 0.15) is 31.8 Å². The third kappa shape index (κ3) is 4.76. The largest absolute Gasteiger partial charge is 0.496 e. The van der Waals surface area contributed by atoms with Crippen molar-refractivity contribution in [2.75, 3.05) is 47.0 Å². The molecule has 0 aliphatic carbocycles. The van der Waals surface area contributed by atoms with Gasteiger partial charge in [0.2, 0.25) is 18.3 Å². The predicted molar refractivity (Wildman–Crippen MR) is 149 cm³/mol. The van der Waals surface area contributed by atoms with Gasteiger partial charge in [0.15, 0.2) is 11.5 Å². The Bertz CT molecular complexity index is 1480. The van der Waals surface area contributed by atoms with Gasteiger partial charge in [-0.1, -0.05) is 18.2 Å². The van der Waals surface area contributed by atoms with Crippen molar-refractivity contribution in [3.63, 3.8) is 0 Å². The molecule has 2 heterocycles. The molecule has 1 amide bonds. The lowest BCUT2D eigenvalue weighted by molar-refractivity contribution is 0.0995. The van der Waals surface area contributed by atoms with Crippen LogP contribution in [-0.4, -0.2) is 58.3 Å². The van der Waals surface area contributed by atoms with Gasteiger partial charge in [0.1, 0.15) is 17.1 Å². The van der Waals surface area contributed by atoms with Crippen LogP contribution < -0.4 is 29.0 Å². The first-order valence-electron chi connectivity index (χ1n) is 12.2. The standard InChI is InChI=1S/C29H27BrN2O7/c1-32-12-11-18-19(26(37-4)28-27(24(18)30)38-15-39-28)14-20(32)25(33)16-7-5-8-17(13-16)31-29(34)23-21(35-2)9-6-10-22(23)36-3/h5-10,13-14H,11-12,15H2,1-4H3,(H,31,34). The summed E-state index contributed by atoms with van der Waals surface area (Å²) >= 11 is 3.66. The Labute approximate surface area is 234 Å². The minimum atomic E-state index is -0.417. The molecule has 0 fully saturated rings. The van der Waals surface area contributed by atoms with Crippen LogP contribution in [0.15, 0.2) is 52.6 Å². The molecule has 0 saturated heterocycles. The van der Waals surface area contributed by atoms with E-state index in [0.717, 1.165) is 15.6 Å². The Morgan fingerprint density at radius 2 is 1.67 bits per heavy atom. The Hall–Kier alpha value is -4.18. The maximum atomic E-state index is 13.8. The normalized spacial score (nSPS) is 13.7. The van der Waals surface area contributed by atoms with Gasteiger partial charge in [0.05, 0.1) is 31.5 Å². The second-order valence-electron chi connectivity index (χ2n) is 8.91. The Morgan fingerprint density at radius 3 is 2.36 bits per heavy atom. The van der Waals surface area contributed by atoms with E-state index < -0.39 is 5.91 Å². The summed E-state index contributed by atoms with van der Waals surface area (Å²) in [5.74, 6) is 1.77. The zero-order valence-corrected chi connectivity index (χ0v) is 23.5. The second kappa shape index (κ2) is 10.9. The van der Waals surface area contributed by atoms with E-state index in [1.165, 1.54) is 14.2 Å². The number of nitrogens with zero attached hydrogens (tertiary/aromatic N) is 1. The van der Waals surface area contributed by atoms with Gasteiger partial charge in [-0.3, -0.25) is 9.59 Å². The zero-order valence-electron chi connectivity index (χ0n) is 21.9. The molecule has 1 N–H and O–H groups in total. The summed E-state index contributed by atoms with van der Waals surface area (Å²) in [6.45, 7) is 0.692. The van der Waals surface area contributed by atoms with Gasteiger partial charge >= 0.3 is 0 Å². The number of likely N-dealkylation sites (N-methyl/N-ethyl adjacent to an activating group) is 1. The van der Waals surface area contributed by atoms with Crippen molar-refractivity contribution in [3.8, 4) is 28.7 Å². The van der Waals surface area contributed by atoms with Crippen molar-refractivity contribution in [1.29, 1.82) is 0 Å². The minimum Gasteiger partial charge on any atom is -0.496 e. The summed E-state index contributed by atoms with van der Waals surface area (Å²) in [5, 5.41) is 2.86. The average Bonchev–Trinajstić information content (AvgIpc) is 3.38. The van der Waals surface area contributed by atoms with Crippen LogP contribution in [0.4, 0.5) is 5.69 Å². The molecule has 0 spiro atoms. The molecule has 0 bridgehead atoms. The number of methoxy groups -OCH3 is 3. The van der Waals surface area contributed by atoms with E-state index in [0.29, 0.717) is 58.7 Å². The molecule has 2 aliphatic rings. The quantitative estimate of drug-likeness (QED) is 0.374. The van der Waals surface area contributed by atoms with Crippen molar-refractivity contribution >= 4 is 39.4 Å². The Balaban J connectivity index is 1.49. The van der Waals surface area contributed by atoms with Crippen LogP contribution >= 0.6 is 15.9 Å². The number of carbonyl (C=O) groups is 2. The molecule has 202 valence electrons. The third-order valence-corrected chi connectivity index (χ3v) is 7.56. The number of Topliss-reactive ketones (excluding diaryl/α,β-unsaturated/α-hetero) is 1. The molecule has 9 nitrogen and oxygen atoms in total. The van der Waals surface area contributed by atoms with Crippen molar-refractivity contribution in [2.24, 2.45) is 0 Å². The van der Waals surface area contributed by atoms with Gasteiger partial charge in [-0.05, 0) is 58.3 Å². The second-order valence-corrected chi connectivity index (χ2v) is 9.70. The number of hydrogen-bond donors (Lipinski definition) is 1. The molecule has 0 saturated carbocycles. The van der Waals surface area contributed by atoms with Gasteiger partial charge in [-0.25, -0.2) is 0 Å². The van der Waals surface area contributed by atoms with E-state index >= 15 is 0 Å². The predicted octanol–water partition coefficient (Wildman–Crippen LogP) is 5.17. The van der Waals surface area contributed by atoms with Gasteiger partial charge < -0.3 is 33.9 Å². The number of amides is 1. The third-order valence-electron chi connectivity index (χ3n) is 6.72. The first-order chi connectivity index (χ1) is 18.9. The van der Waals surface area contributed by atoms with Crippen molar-refractivity contribution in [3.05, 3.63) is 74.9 Å². The number of fused-ring (bicyclic) bond motifs is 2. The number of ketones is 1. The van der Waals surface area contributed by atoms with Crippen LogP contribution in [0.3, 0.4) is 0 Å². The van der Waals surface area contributed by atoms with E-state index in [4.69, 9.17) is 23.7 Å². The fourth-order valence-corrected chi connectivity index (χ4v) is 5.47. The lowest BCUT2D eigenvalue weighted by Crippen LogP contribution is -2.24. The molecule has 39 heavy (non-hydrogen) atoms. The first kappa shape index (κ1) is 26.4. The first-order valence-corrected chi connectivity index (χ1v) is 12.9. The highest BCUT2D eigenvalue weighted by Gasteiger charge is 2.32. The van der Waals surface area contributed by atoms with Gasteiger partial charge in [0.25, 0.3) is 5.91 Å². The van der Waals surface area contributed by atoms with Gasteiger partial charge in [-0.2, -0.15) is 0 Å². The zero-order chi connectivity index (χ0) is 27.7. The molecule has 0 aromatic heterocycles. The number of ether oxygens (including phenoxy) is 5. The molecule has 10 heteroatoms. The number of benzene rings is 3. The van der Waals surface area contributed by atoms with Crippen molar-refractivity contribution < 1.29 is 33.3 Å². The number of hydrogen-bond acceptors (Lipinski definition) is 8. The van der Waals surface area contributed by atoms with E-state index in [2.05, 4.69) is 21.2 Å². The minimum absolute atomic E-state index is 0.0990. The summed E-state index contributed by atoms with van der Waals surface area (Å²) in [7, 11) is 6.41. The molecular formula is C29H27BrN2O7. The number of anilines is 1. The van der Waals surface area contributed by atoms with Crippen LogP contribution in [0.5, 0.6) is 28.7 Å². The van der Waals surface area contributed by atoms with E-state index in [9.17, 15) is 9.59 Å². The average molecular weight is 595 g/mol. The Morgan fingerprint density at radius 1 is 0.974 bits per heavy atom. The highest BCUT2D eigenvalue weighted by molar-refractivity contribution is 9.10. The number of carbonyl (C=O) groups excluding carboxylic acids is 2. The fourth-order valence-electron chi connectivity index (χ4n) is 4.76. The monoisotopic (exact) mass is 594 g/mol. The summed E-state index contributed by atoms with van der Waals surface area (Å²) in [4.78, 5) is 28.9. The highest BCUT2D eigenvalue weighted by atomic mass is 79.9. The lowest BCUT2D eigenvalue weighted by atomic mass is 10.0. The molecule has 3 aromatic rings. The molecule has 2 aliphatic heterocycles. The summed E-state index contributed by atoms with van der Waals surface area (Å²) in [6.07, 6.45) is 2.48. The van der Waals surface area contributed by atoms with Crippen LogP contribution in [-0.2, 0) is 6.42 Å².